The summed E-state index contributed by atoms with van der Waals surface area (Å²) in [6, 6.07) is 8.83. The largest absolute Gasteiger partial charge is 0.444 e. The van der Waals surface area contributed by atoms with Gasteiger partial charge in [0.2, 0.25) is 0 Å². The van der Waals surface area contributed by atoms with Crippen molar-refractivity contribution >= 4 is 52.0 Å². The van der Waals surface area contributed by atoms with Crippen LogP contribution in [0.25, 0.3) is 0 Å². The highest BCUT2D eigenvalue weighted by Crippen LogP contribution is 2.40. The van der Waals surface area contributed by atoms with Crippen molar-refractivity contribution in [1.82, 2.24) is 16.0 Å². The van der Waals surface area contributed by atoms with Gasteiger partial charge in [-0.1, -0.05) is 28.1 Å². The summed E-state index contributed by atoms with van der Waals surface area (Å²) < 4.78 is 6.28. The number of aliphatic imine (C=N–C) groups is 1. The number of benzene rings is 1. The maximum absolute atomic E-state index is 11.6. The van der Waals surface area contributed by atoms with Crippen LogP contribution in [0.3, 0.4) is 0 Å². The lowest BCUT2D eigenvalue weighted by Crippen LogP contribution is -2.43. The van der Waals surface area contributed by atoms with E-state index in [1.807, 2.05) is 20.8 Å². The van der Waals surface area contributed by atoms with Gasteiger partial charge in [0, 0.05) is 36.6 Å². The number of carbonyl (C=O) groups is 1. The van der Waals surface area contributed by atoms with Crippen LogP contribution in [0.2, 0.25) is 0 Å². The lowest BCUT2D eigenvalue weighted by Gasteiger charge is -2.20. The van der Waals surface area contributed by atoms with Crippen LogP contribution in [-0.4, -0.2) is 43.8 Å². The molecule has 1 fully saturated rings. The molecule has 2 atom stereocenters. The number of alkyl carbamates (subject to hydrolysis) is 1. The number of amides is 1. The molecule has 1 aliphatic rings. The summed E-state index contributed by atoms with van der Waals surface area (Å²) in [5, 5.41) is 9.33. The molecular weight excluding hydrogens is 511 g/mol. The molecule has 1 aliphatic carbocycles. The van der Waals surface area contributed by atoms with Gasteiger partial charge in [-0.2, -0.15) is 0 Å². The van der Waals surface area contributed by atoms with E-state index in [1.165, 1.54) is 5.56 Å². The zero-order valence-electron chi connectivity index (χ0n) is 15.6. The topological polar surface area (TPSA) is 74.8 Å². The second kappa shape index (κ2) is 10.3. The average molecular weight is 539 g/mol. The highest BCUT2D eigenvalue weighted by Gasteiger charge is 2.38. The third-order valence-corrected chi connectivity index (χ3v) is 4.25. The minimum atomic E-state index is -0.483. The summed E-state index contributed by atoms with van der Waals surface area (Å²) >= 11 is 3.46. The molecule has 0 spiro atoms. The van der Waals surface area contributed by atoms with Gasteiger partial charge in [-0.05, 0) is 44.9 Å². The van der Waals surface area contributed by atoms with E-state index in [4.69, 9.17) is 4.74 Å². The zero-order valence-corrected chi connectivity index (χ0v) is 19.6. The van der Waals surface area contributed by atoms with Gasteiger partial charge < -0.3 is 20.7 Å². The molecule has 0 saturated heterocycles. The Morgan fingerprint density at radius 1 is 1.23 bits per heavy atom. The first-order valence-electron chi connectivity index (χ1n) is 8.48. The van der Waals surface area contributed by atoms with E-state index in [-0.39, 0.29) is 24.0 Å². The van der Waals surface area contributed by atoms with Crippen molar-refractivity contribution in [1.29, 1.82) is 0 Å². The Balaban J connectivity index is 0.00000338. The molecule has 2 unspecified atom stereocenters. The molecule has 8 heteroatoms. The Morgan fingerprint density at radius 3 is 2.42 bits per heavy atom. The standard InChI is InChI=1S/C18H27BrN4O2.HI/c1-18(2,3)25-17(24)22-10-9-21-16(20-4)23-15-11-14(15)12-5-7-13(19)8-6-12;/h5-8,14-15H,9-11H2,1-4H3,(H,22,24)(H2,20,21,23);1H. The van der Waals surface area contributed by atoms with Crippen LogP contribution >= 0.6 is 39.9 Å². The molecule has 6 nitrogen and oxygen atoms in total. The summed E-state index contributed by atoms with van der Waals surface area (Å²) in [7, 11) is 1.74. The van der Waals surface area contributed by atoms with Gasteiger partial charge >= 0.3 is 6.09 Å². The number of guanidine groups is 1. The maximum atomic E-state index is 11.6. The number of halogens is 2. The number of carbonyl (C=O) groups excluding carboxylic acids is 1. The fourth-order valence-corrected chi connectivity index (χ4v) is 2.73. The molecule has 1 aromatic carbocycles. The van der Waals surface area contributed by atoms with Gasteiger partial charge in [0.1, 0.15) is 5.60 Å². The van der Waals surface area contributed by atoms with Gasteiger partial charge in [-0.25, -0.2) is 4.79 Å². The fraction of sp³-hybridized carbons (Fsp3) is 0.556. The SMILES string of the molecule is CN=C(NCCNC(=O)OC(C)(C)C)NC1CC1c1ccc(Br)cc1.I. The van der Waals surface area contributed by atoms with Crippen molar-refractivity contribution < 1.29 is 9.53 Å². The predicted molar refractivity (Wildman–Crippen MR) is 119 cm³/mol. The molecule has 0 bridgehead atoms. The highest BCUT2D eigenvalue weighted by atomic mass is 127. The van der Waals surface area contributed by atoms with Crippen molar-refractivity contribution in [3.8, 4) is 0 Å². The van der Waals surface area contributed by atoms with Gasteiger partial charge in [0.25, 0.3) is 0 Å². The molecule has 2 rings (SSSR count). The molecule has 3 N–H and O–H groups in total. The minimum Gasteiger partial charge on any atom is -0.444 e. The van der Waals surface area contributed by atoms with Gasteiger partial charge in [-0.3, -0.25) is 4.99 Å². The summed E-state index contributed by atoms with van der Waals surface area (Å²) in [6.45, 7) is 6.57. The van der Waals surface area contributed by atoms with Gasteiger partial charge in [0.05, 0.1) is 0 Å². The fourth-order valence-electron chi connectivity index (χ4n) is 2.46. The van der Waals surface area contributed by atoms with Gasteiger partial charge in [0.15, 0.2) is 5.96 Å². The first-order chi connectivity index (χ1) is 11.8. The Hall–Kier alpha value is -1.03. The Labute approximate surface area is 181 Å². The first kappa shape index (κ1) is 23.0. The molecule has 0 aliphatic heterocycles. The van der Waals surface area contributed by atoms with E-state index in [9.17, 15) is 4.79 Å². The van der Waals surface area contributed by atoms with Crippen molar-refractivity contribution in [2.24, 2.45) is 4.99 Å². The monoisotopic (exact) mass is 538 g/mol. The second-order valence-electron chi connectivity index (χ2n) is 7.07. The lowest BCUT2D eigenvalue weighted by molar-refractivity contribution is 0.0529. The Morgan fingerprint density at radius 2 is 1.85 bits per heavy atom. The van der Waals surface area contributed by atoms with Gasteiger partial charge in [-0.15, -0.1) is 24.0 Å². The summed E-state index contributed by atoms with van der Waals surface area (Å²) in [6.07, 6.45) is 0.688. The number of nitrogens with one attached hydrogen (secondary N) is 3. The van der Waals surface area contributed by atoms with Crippen LogP contribution < -0.4 is 16.0 Å². The molecule has 1 saturated carbocycles. The molecule has 0 aromatic heterocycles. The average Bonchev–Trinajstić information content (AvgIpc) is 3.28. The number of rotatable bonds is 5. The number of ether oxygens (including phenoxy) is 1. The Kier molecular flexibility index (Phi) is 9.15. The molecule has 1 aromatic rings. The normalized spacial score (nSPS) is 19.2. The third-order valence-electron chi connectivity index (χ3n) is 3.72. The van der Waals surface area contributed by atoms with E-state index in [0.717, 1.165) is 16.9 Å². The molecule has 1 amide bonds. The van der Waals surface area contributed by atoms with Crippen molar-refractivity contribution in [3.63, 3.8) is 0 Å². The predicted octanol–water partition coefficient (Wildman–Crippen LogP) is 3.61. The molecule has 0 radical (unpaired) electrons. The lowest BCUT2D eigenvalue weighted by atomic mass is 10.1. The van der Waals surface area contributed by atoms with Crippen LogP contribution in [0.15, 0.2) is 33.7 Å². The molecule has 0 heterocycles. The van der Waals surface area contributed by atoms with Crippen molar-refractivity contribution in [2.75, 3.05) is 20.1 Å². The van der Waals surface area contributed by atoms with Crippen molar-refractivity contribution in [2.45, 2.75) is 44.8 Å². The Bertz CT molecular complexity index is 617. The van der Waals surface area contributed by atoms with Crippen LogP contribution in [0.5, 0.6) is 0 Å². The zero-order chi connectivity index (χ0) is 18.4. The first-order valence-corrected chi connectivity index (χ1v) is 9.27. The third kappa shape index (κ3) is 8.11. The van der Waals surface area contributed by atoms with Crippen LogP contribution in [-0.2, 0) is 4.74 Å². The summed E-state index contributed by atoms with van der Waals surface area (Å²) in [5.41, 5.74) is 0.853. The number of nitrogens with zero attached hydrogens (tertiary/aromatic N) is 1. The van der Waals surface area contributed by atoms with Crippen LogP contribution in [0, 0.1) is 0 Å². The summed E-state index contributed by atoms with van der Waals surface area (Å²) in [4.78, 5) is 15.8. The minimum absolute atomic E-state index is 0. The molecular formula is C18H28BrIN4O2. The highest BCUT2D eigenvalue weighted by molar-refractivity contribution is 14.0. The molecule has 146 valence electrons. The summed E-state index contributed by atoms with van der Waals surface area (Å²) in [5.74, 6) is 1.27. The second-order valence-corrected chi connectivity index (χ2v) is 7.99. The number of hydrogen-bond acceptors (Lipinski definition) is 3. The van der Waals surface area contributed by atoms with E-state index >= 15 is 0 Å². The smallest absolute Gasteiger partial charge is 0.407 e. The van der Waals surface area contributed by atoms with Crippen LogP contribution in [0.1, 0.15) is 38.7 Å². The van der Waals surface area contributed by atoms with Crippen molar-refractivity contribution in [3.05, 3.63) is 34.3 Å². The maximum Gasteiger partial charge on any atom is 0.407 e. The quantitative estimate of drug-likeness (QED) is 0.232. The number of hydrogen-bond donors (Lipinski definition) is 3. The van der Waals surface area contributed by atoms with E-state index < -0.39 is 11.7 Å². The van der Waals surface area contributed by atoms with E-state index in [2.05, 4.69) is 61.1 Å². The van der Waals surface area contributed by atoms with Crippen LogP contribution in [0.4, 0.5) is 4.79 Å². The molecule has 26 heavy (non-hydrogen) atoms. The van der Waals surface area contributed by atoms with E-state index in [0.29, 0.717) is 25.0 Å². The van der Waals surface area contributed by atoms with E-state index in [1.54, 1.807) is 7.05 Å².